The van der Waals surface area contributed by atoms with E-state index in [0.29, 0.717) is 0 Å². The molecule has 0 saturated heterocycles. The zero-order valence-corrected chi connectivity index (χ0v) is 11.5. The molecule has 2 nitrogen and oxygen atoms in total. The van der Waals surface area contributed by atoms with Gasteiger partial charge in [-0.25, -0.2) is 4.98 Å². The normalized spacial score (nSPS) is 10.8. The first-order valence-corrected chi connectivity index (χ1v) is 6.14. The van der Waals surface area contributed by atoms with Crippen molar-refractivity contribution >= 4 is 21.7 Å². The van der Waals surface area contributed by atoms with Gasteiger partial charge in [0.15, 0.2) is 0 Å². The molecule has 1 aromatic rings. The molecule has 1 heterocycles. The van der Waals surface area contributed by atoms with E-state index in [9.17, 15) is 0 Å². The van der Waals surface area contributed by atoms with Gasteiger partial charge in [-0.05, 0) is 46.8 Å². The molecule has 3 heteroatoms. The van der Waals surface area contributed by atoms with Crippen LogP contribution < -0.4 is 4.90 Å². The molecule has 1 aromatic heterocycles. The van der Waals surface area contributed by atoms with Gasteiger partial charge >= 0.3 is 0 Å². The Morgan fingerprint density at radius 2 is 2.13 bits per heavy atom. The van der Waals surface area contributed by atoms with E-state index in [2.05, 4.69) is 53.6 Å². The van der Waals surface area contributed by atoms with Gasteiger partial charge in [-0.2, -0.15) is 0 Å². The fraction of sp³-hybridized carbons (Fsp3) is 0.583. The molecule has 0 spiro atoms. The maximum absolute atomic E-state index is 4.40. The summed E-state index contributed by atoms with van der Waals surface area (Å²) in [4.78, 5) is 6.60. The molecule has 0 aliphatic rings. The fourth-order valence-electron chi connectivity index (χ4n) is 1.35. The van der Waals surface area contributed by atoms with Crippen LogP contribution in [-0.4, -0.2) is 18.6 Å². The van der Waals surface area contributed by atoms with E-state index < -0.39 is 0 Å². The molecule has 84 valence electrons. The van der Waals surface area contributed by atoms with Crippen molar-refractivity contribution in [2.45, 2.75) is 27.2 Å². The molecule has 0 unspecified atom stereocenters. The van der Waals surface area contributed by atoms with Gasteiger partial charge in [0.1, 0.15) is 5.82 Å². The number of anilines is 1. The third kappa shape index (κ3) is 3.49. The van der Waals surface area contributed by atoms with Gasteiger partial charge < -0.3 is 4.90 Å². The number of nitrogens with zero attached hydrogens (tertiary/aromatic N) is 2. The predicted molar refractivity (Wildman–Crippen MR) is 69.4 cm³/mol. The van der Waals surface area contributed by atoms with Crippen LogP contribution in [0.2, 0.25) is 0 Å². The lowest BCUT2D eigenvalue weighted by Crippen LogP contribution is -2.21. The summed E-state index contributed by atoms with van der Waals surface area (Å²) in [7, 11) is 2.09. The Hall–Kier alpha value is -0.570. The van der Waals surface area contributed by atoms with Crippen LogP contribution in [0.25, 0.3) is 0 Å². The van der Waals surface area contributed by atoms with Crippen LogP contribution in [0, 0.1) is 12.8 Å². The Bertz CT molecular complexity index is 323. The van der Waals surface area contributed by atoms with Crippen molar-refractivity contribution in [3.05, 3.63) is 22.3 Å². The summed E-state index contributed by atoms with van der Waals surface area (Å²) in [5.41, 5.74) is 1.23. The van der Waals surface area contributed by atoms with Gasteiger partial charge in [0.2, 0.25) is 0 Å². The summed E-state index contributed by atoms with van der Waals surface area (Å²) < 4.78 is 1.11. The van der Waals surface area contributed by atoms with Crippen molar-refractivity contribution in [2.75, 3.05) is 18.5 Å². The highest BCUT2D eigenvalue weighted by molar-refractivity contribution is 9.10. The Labute approximate surface area is 101 Å². The minimum Gasteiger partial charge on any atom is -0.359 e. The number of hydrogen-bond donors (Lipinski definition) is 0. The predicted octanol–water partition coefficient (Wildman–Crippen LogP) is 3.63. The smallest absolute Gasteiger partial charge is 0.142 e. The van der Waals surface area contributed by atoms with Gasteiger partial charge in [0.25, 0.3) is 0 Å². The van der Waals surface area contributed by atoms with Crippen LogP contribution in [-0.2, 0) is 0 Å². The minimum absolute atomic E-state index is 0.732. The van der Waals surface area contributed by atoms with E-state index in [0.717, 1.165) is 22.8 Å². The van der Waals surface area contributed by atoms with Crippen LogP contribution in [0.3, 0.4) is 0 Å². The lowest BCUT2D eigenvalue weighted by Gasteiger charge is -2.21. The van der Waals surface area contributed by atoms with Crippen molar-refractivity contribution in [1.29, 1.82) is 0 Å². The zero-order chi connectivity index (χ0) is 11.4. The maximum Gasteiger partial charge on any atom is 0.142 e. The summed E-state index contributed by atoms with van der Waals surface area (Å²) in [6, 6.07) is 2.02. The molecule has 0 radical (unpaired) electrons. The van der Waals surface area contributed by atoms with E-state index in [4.69, 9.17) is 0 Å². The van der Waals surface area contributed by atoms with E-state index in [-0.39, 0.29) is 0 Å². The van der Waals surface area contributed by atoms with Crippen molar-refractivity contribution in [3.8, 4) is 0 Å². The average Bonchev–Trinajstić information content (AvgIpc) is 2.18. The van der Waals surface area contributed by atoms with Crippen LogP contribution in [0.4, 0.5) is 5.82 Å². The highest BCUT2D eigenvalue weighted by atomic mass is 79.9. The number of pyridine rings is 1. The number of aromatic nitrogens is 1. The number of hydrogen-bond acceptors (Lipinski definition) is 2. The maximum atomic E-state index is 4.40. The van der Waals surface area contributed by atoms with Crippen LogP contribution in [0.1, 0.15) is 25.8 Å². The topological polar surface area (TPSA) is 16.1 Å². The van der Waals surface area contributed by atoms with E-state index in [1.807, 2.05) is 12.3 Å². The van der Waals surface area contributed by atoms with Crippen molar-refractivity contribution in [1.82, 2.24) is 4.98 Å². The van der Waals surface area contributed by atoms with Crippen LogP contribution >= 0.6 is 15.9 Å². The molecule has 0 N–H and O–H groups in total. The van der Waals surface area contributed by atoms with Crippen LogP contribution in [0.5, 0.6) is 0 Å². The molecular weight excluding hydrogens is 252 g/mol. The Kier molecular flexibility index (Phi) is 4.58. The third-order valence-corrected chi connectivity index (χ3v) is 3.45. The van der Waals surface area contributed by atoms with Gasteiger partial charge in [-0.15, -0.1) is 0 Å². The van der Waals surface area contributed by atoms with Gasteiger partial charge in [0, 0.05) is 19.8 Å². The Morgan fingerprint density at radius 1 is 1.47 bits per heavy atom. The van der Waals surface area contributed by atoms with Gasteiger partial charge in [-0.1, -0.05) is 13.8 Å². The number of aryl methyl sites for hydroxylation is 1. The number of halogens is 1. The van der Waals surface area contributed by atoms with Crippen molar-refractivity contribution in [3.63, 3.8) is 0 Å². The lowest BCUT2D eigenvalue weighted by atomic mass is 10.1. The third-order valence-electron chi connectivity index (χ3n) is 2.47. The number of rotatable bonds is 4. The van der Waals surface area contributed by atoms with E-state index in [1.165, 1.54) is 12.0 Å². The molecular formula is C12H19BrN2. The quantitative estimate of drug-likeness (QED) is 0.831. The second kappa shape index (κ2) is 5.50. The molecule has 0 fully saturated rings. The second-order valence-corrected chi connectivity index (χ2v) is 5.16. The highest BCUT2D eigenvalue weighted by Gasteiger charge is 2.09. The molecule has 0 amide bonds. The zero-order valence-electron chi connectivity index (χ0n) is 9.92. The first kappa shape index (κ1) is 12.5. The van der Waals surface area contributed by atoms with Crippen molar-refractivity contribution in [2.24, 2.45) is 5.92 Å². The monoisotopic (exact) mass is 270 g/mol. The summed E-state index contributed by atoms with van der Waals surface area (Å²) in [6.07, 6.45) is 3.06. The molecule has 0 saturated carbocycles. The molecule has 0 bridgehead atoms. The molecule has 0 aromatic carbocycles. The largest absolute Gasteiger partial charge is 0.359 e. The second-order valence-electron chi connectivity index (χ2n) is 4.37. The lowest BCUT2D eigenvalue weighted by molar-refractivity contribution is 0.583. The summed E-state index contributed by atoms with van der Waals surface area (Å²) in [5, 5.41) is 0. The summed E-state index contributed by atoms with van der Waals surface area (Å²) in [6.45, 7) is 7.62. The van der Waals surface area contributed by atoms with E-state index in [1.54, 1.807) is 0 Å². The van der Waals surface area contributed by atoms with Gasteiger partial charge in [-0.3, -0.25) is 0 Å². The summed E-state index contributed by atoms with van der Waals surface area (Å²) in [5.74, 6) is 1.77. The molecule has 1 rings (SSSR count). The standard InChI is InChI=1S/C12H19BrN2/c1-9(2)6-8-15(4)12-11(13)10(3)5-7-14-12/h5,7,9H,6,8H2,1-4H3. The van der Waals surface area contributed by atoms with Crippen LogP contribution in [0.15, 0.2) is 16.7 Å². The molecule has 0 aliphatic heterocycles. The Morgan fingerprint density at radius 3 is 2.73 bits per heavy atom. The fourth-order valence-corrected chi connectivity index (χ4v) is 1.89. The van der Waals surface area contributed by atoms with Gasteiger partial charge in [0.05, 0.1) is 4.47 Å². The first-order chi connectivity index (χ1) is 7.02. The van der Waals surface area contributed by atoms with E-state index >= 15 is 0 Å². The first-order valence-electron chi connectivity index (χ1n) is 5.34. The molecule has 0 atom stereocenters. The summed E-state index contributed by atoms with van der Waals surface area (Å²) >= 11 is 3.58. The highest BCUT2D eigenvalue weighted by Crippen LogP contribution is 2.26. The SMILES string of the molecule is Cc1ccnc(N(C)CCC(C)C)c1Br. The molecule has 15 heavy (non-hydrogen) atoms. The Balaban J connectivity index is 2.73. The van der Waals surface area contributed by atoms with Crippen molar-refractivity contribution < 1.29 is 0 Å². The minimum atomic E-state index is 0.732. The molecule has 0 aliphatic carbocycles. The average molecular weight is 271 g/mol.